The average molecular weight is 300 g/mol. The molecule has 0 radical (unpaired) electrons. The Bertz CT molecular complexity index is 369. The maximum Gasteiger partial charge on any atom is 0.322 e. The summed E-state index contributed by atoms with van der Waals surface area (Å²) in [5.41, 5.74) is 0. The van der Waals surface area contributed by atoms with E-state index in [-0.39, 0.29) is 6.54 Å². The number of aliphatic carboxylic acids is 1. The Labute approximate surface area is 124 Å². The lowest BCUT2D eigenvalue weighted by Gasteiger charge is -2.20. The van der Waals surface area contributed by atoms with Gasteiger partial charge < -0.3 is 26.0 Å². The van der Waals surface area contributed by atoms with E-state index in [1.54, 1.807) is 0 Å². The number of urea groups is 1. The van der Waals surface area contributed by atoms with Crippen LogP contribution in [-0.2, 0) is 9.59 Å². The molecule has 1 fully saturated rings. The molecule has 1 heterocycles. The van der Waals surface area contributed by atoms with Crippen molar-refractivity contribution in [2.75, 3.05) is 39.3 Å². The Kier molecular flexibility index (Phi) is 7.52. The lowest BCUT2D eigenvalue weighted by Crippen LogP contribution is -2.44. The molecule has 4 N–H and O–H groups in total. The second-order valence-electron chi connectivity index (χ2n) is 5.35. The quantitative estimate of drug-likeness (QED) is 0.470. The normalized spacial score (nSPS) is 16.2. The predicted molar refractivity (Wildman–Crippen MR) is 76.9 cm³/mol. The first kappa shape index (κ1) is 17.2. The zero-order chi connectivity index (χ0) is 15.7. The second-order valence-corrected chi connectivity index (χ2v) is 5.35. The van der Waals surface area contributed by atoms with E-state index in [9.17, 15) is 14.4 Å². The molecule has 8 nitrogen and oxygen atoms in total. The smallest absolute Gasteiger partial charge is 0.322 e. The number of nitrogens with zero attached hydrogens (tertiary/aromatic N) is 1. The van der Waals surface area contributed by atoms with Crippen LogP contribution in [0, 0.1) is 5.92 Å². The molecule has 21 heavy (non-hydrogen) atoms. The summed E-state index contributed by atoms with van der Waals surface area (Å²) in [7, 11) is 0. The number of nitrogens with one attached hydrogen (secondary N) is 3. The van der Waals surface area contributed by atoms with Crippen LogP contribution in [0.4, 0.5) is 4.79 Å². The van der Waals surface area contributed by atoms with Crippen LogP contribution in [0.1, 0.15) is 19.8 Å². The third-order valence-electron chi connectivity index (χ3n) is 3.23. The highest BCUT2D eigenvalue weighted by Gasteiger charge is 2.15. The SMILES string of the molecule is CC(CNC(=O)NCC(=O)NCC(=O)O)CN1CCCC1. The fourth-order valence-electron chi connectivity index (χ4n) is 2.20. The third kappa shape index (κ3) is 8.13. The molecule has 1 aliphatic heterocycles. The van der Waals surface area contributed by atoms with Crippen molar-refractivity contribution in [1.29, 1.82) is 0 Å². The number of carbonyl (C=O) groups excluding carboxylic acids is 2. The van der Waals surface area contributed by atoms with Crippen molar-refractivity contribution in [3.8, 4) is 0 Å². The molecule has 120 valence electrons. The van der Waals surface area contributed by atoms with Crippen LogP contribution >= 0.6 is 0 Å². The van der Waals surface area contributed by atoms with Crippen LogP contribution in [0.3, 0.4) is 0 Å². The Morgan fingerprint density at radius 2 is 1.76 bits per heavy atom. The Hall–Kier alpha value is -1.83. The number of hydrogen-bond donors (Lipinski definition) is 4. The lowest BCUT2D eigenvalue weighted by molar-refractivity contribution is -0.137. The summed E-state index contributed by atoms with van der Waals surface area (Å²) < 4.78 is 0. The van der Waals surface area contributed by atoms with Crippen molar-refractivity contribution in [3.05, 3.63) is 0 Å². The number of carboxylic acids is 1. The molecule has 1 aliphatic rings. The van der Waals surface area contributed by atoms with Crippen molar-refractivity contribution in [1.82, 2.24) is 20.9 Å². The molecule has 1 atom stereocenters. The van der Waals surface area contributed by atoms with Gasteiger partial charge in [0.05, 0.1) is 6.54 Å². The van der Waals surface area contributed by atoms with Gasteiger partial charge in [-0.05, 0) is 31.8 Å². The van der Waals surface area contributed by atoms with Gasteiger partial charge in [-0.25, -0.2) is 4.79 Å². The molecule has 1 saturated heterocycles. The van der Waals surface area contributed by atoms with Gasteiger partial charge in [0.25, 0.3) is 0 Å². The highest BCUT2D eigenvalue weighted by atomic mass is 16.4. The van der Waals surface area contributed by atoms with E-state index in [0.29, 0.717) is 12.5 Å². The number of carbonyl (C=O) groups is 3. The zero-order valence-electron chi connectivity index (χ0n) is 12.4. The molecular weight excluding hydrogens is 276 g/mol. The van der Waals surface area contributed by atoms with Crippen LogP contribution in [0.15, 0.2) is 0 Å². The van der Waals surface area contributed by atoms with Gasteiger partial charge in [0, 0.05) is 13.1 Å². The fourth-order valence-corrected chi connectivity index (χ4v) is 2.20. The van der Waals surface area contributed by atoms with Gasteiger partial charge >= 0.3 is 12.0 Å². The van der Waals surface area contributed by atoms with Crippen molar-refractivity contribution < 1.29 is 19.5 Å². The maximum absolute atomic E-state index is 11.5. The number of rotatable bonds is 8. The largest absolute Gasteiger partial charge is 0.480 e. The van der Waals surface area contributed by atoms with Gasteiger partial charge in [-0.2, -0.15) is 0 Å². The second kappa shape index (κ2) is 9.17. The Morgan fingerprint density at radius 1 is 1.10 bits per heavy atom. The van der Waals surface area contributed by atoms with Crippen molar-refractivity contribution in [3.63, 3.8) is 0 Å². The van der Waals surface area contributed by atoms with Crippen LogP contribution in [0.5, 0.6) is 0 Å². The Balaban J connectivity index is 2.07. The zero-order valence-corrected chi connectivity index (χ0v) is 12.4. The molecule has 0 bridgehead atoms. The molecule has 0 aromatic heterocycles. The van der Waals surface area contributed by atoms with Gasteiger partial charge in [0.2, 0.25) is 5.91 Å². The maximum atomic E-state index is 11.5. The molecule has 0 aromatic carbocycles. The van der Waals surface area contributed by atoms with E-state index < -0.39 is 24.5 Å². The molecule has 1 rings (SSSR count). The monoisotopic (exact) mass is 300 g/mol. The van der Waals surface area contributed by atoms with Crippen LogP contribution in [-0.4, -0.2) is 67.2 Å². The minimum absolute atomic E-state index is 0.236. The van der Waals surface area contributed by atoms with E-state index >= 15 is 0 Å². The third-order valence-corrected chi connectivity index (χ3v) is 3.23. The highest BCUT2D eigenvalue weighted by molar-refractivity contribution is 5.86. The molecule has 3 amide bonds. The van der Waals surface area contributed by atoms with E-state index in [4.69, 9.17) is 5.11 Å². The summed E-state index contributed by atoms with van der Waals surface area (Å²) in [6.07, 6.45) is 2.48. The standard InChI is InChI=1S/C13H24N4O4/c1-10(9-17-4-2-3-5-17)6-15-13(21)16-7-11(18)14-8-12(19)20/h10H,2-9H2,1H3,(H,14,18)(H,19,20)(H2,15,16,21). The summed E-state index contributed by atoms with van der Waals surface area (Å²) in [6.45, 7) is 5.13. The molecule has 0 saturated carbocycles. The van der Waals surface area contributed by atoms with Crippen LogP contribution in [0.25, 0.3) is 0 Å². The summed E-state index contributed by atoms with van der Waals surface area (Å²) in [5, 5.41) is 15.6. The Morgan fingerprint density at radius 3 is 2.38 bits per heavy atom. The molecule has 0 aromatic rings. The van der Waals surface area contributed by atoms with Crippen molar-refractivity contribution in [2.45, 2.75) is 19.8 Å². The van der Waals surface area contributed by atoms with E-state index in [1.807, 2.05) is 0 Å². The number of hydrogen-bond acceptors (Lipinski definition) is 4. The lowest BCUT2D eigenvalue weighted by atomic mass is 10.1. The predicted octanol–water partition coefficient (Wildman–Crippen LogP) is -0.782. The van der Waals surface area contributed by atoms with Gasteiger partial charge in [0.15, 0.2) is 0 Å². The number of carboxylic acid groups (broad SMARTS) is 1. The van der Waals surface area contributed by atoms with Gasteiger partial charge in [-0.3, -0.25) is 9.59 Å². The average Bonchev–Trinajstić information content (AvgIpc) is 2.93. The highest BCUT2D eigenvalue weighted by Crippen LogP contribution is 2.09. The molecular formula is C13H24N4O4. The van der Waals surface area contributed by atoms with Crippen LogP contribution < -0.4 is 16.0 Å². The first-order chi connectivity index (χ1) is 9.97. The number of likely N-dealkylation sites (tertiary alicyclic amines) is 1. The minimum Gasteiger partial charge on any atom is -0.480 e. The van der Waals surface area contributed by atoms with Crippen molar-refractivity contribution >= 4 is 17.9 Å². The van der Waals surface area contributed by atoms with Gasteiger partial charge in [0.1, 0.15) is 6.54 Å². The van der Waals surface area contributed by atoms with Gasteiger partial charge in [-0.1, -0.05) is 6.92 Å². The van der Waals surface area contributed by atoms with Crippen molar-refractivity contribution in [2.24, 2.45) is 5.92 Å². The first-order valence-electron chi connectivity index (χ1n) is 7.20. The molecule has 8 heteroatoms. The summed E-state index contributed by atoms with van der Waals surface area (Å²) in [4.78, 5) is 35.3. The van der Waals surface area contributed by atoms with E-state index in [1.165, 1.54) is 12.8 Å². The fraction of sp³-hybridized carbons (Fsp3) is 0.769. The summed E-state index contributed by atoms with van der Waals surface area (Å²) in [6, 6.07) is -0.422. The van der Waals surface area contributed by atoms with E-state index in [0.717, 1.165) is 19.6 Å². The topological polar surface area (TPSA) is 111 Å². The summed E-state index contributed by atoms with van der Waals surface area (Å²) in [5.74, 6) is -1.31. The van der Waals surface area contributed by atoms with Gasteiger partial charge in [-0.15, -0.1) is 0 Å². The number of amides is 3. The van der Waals surface area contributed by atoms with Crippen LogP contribution in [0.2, 0.25) is 0 Å². The molecule has 0 spiro atoms. The first-order valence-corrected chi connectivity index (χ1v) is 7.20. The molecule has 1 unspecified atom stereocenters. The summed E-state index contributed by atoms with van der Waals surface area (Å²) >= 11 is 0. The van der Waals surface area contributed by atoms with E-state index in [2.05, 4.69) is 27.8 Å². The minimum atomic E-state index is -1.12. The molecule has 0 aliphatic carbocycles.